The van der Waals surface area contributed by atoms with Crippen molar-refractivity contribution in [3.8, 4) is 10.6 Å². The van der Waals surface area contributed by atoms with Gasteiger partial charge in [0, 0.05) is 17.4 Å². The van der Waals surface area contributed by atoms with Crippen LogP contribution in [0.25, 0.3) is 10.6 Å². The average Bonchev–Trinajstić information content (AvgIpc) is 3.03. The summed E-state index contributed by atoms with van der Waals surface area (Å²) in [6.07, 6.45) is 2.13. The summed E-state index contributed by atoms with van der Waals surface area (Å²) in [5, 5.41) is 11.8. The van der Waals surface area contributed by atoms with Crippen molar-refractivity contribution in [2.45, 2.75) is 32.3 Å². The maximum absolute atomic E-state index is 10.7. The second-order valence-electron chi connectivity index (χ2n) is 4.42. The number of carboxylic acid groups (broad SMARTS) is 1. The highest BCUT2D eigenvalue weighted by molar-refractivity contribution is 7.16. The van der Waals surface area contributed by atoms with E-state index in [1.54, 1.807) is 18.4 Å². The van der Waals surface area contributed by atoms with Crippen molar-refractivity contribution in [2.24, 2.45) is 0 Å². The summed E-state index contributed by atoms with van der Waals surface area (Å²) in [6, 6.07) is 3.79. The fourth-order valence-electron chi connectivity index (χ4n) is 1.91. The molecule has 2 aromatic rings. The molecule has 0 aliphatic heterocycles. The summed E-state index contributed by atoms with van der Waals surface area (Å²) in [4.78, 5) is 17.2. The third-order valence-corrected chi connectivity index (χ3v) is 4.92. The van der Waals surface area contributed by atoms with Gasteiger partial charge in [-0.15, -0.1) is 22.7 Å². The van der Waals surface area contributed by atoms with E-state index in [4.69, 9.17) is 9.84 Å². The highest BCUT2D eigenvalue weighted by Gasteiger charge is 2.15. The molecule has 6 heteroatoms. The molecule has 0 amide bonds. The van der Waals surface area contributed by atoms with Gasteiger partial charge in [0.15, 0.2) is 0 Å². The lowest BCUT2D eigenvalue weighted by Crippen LogP contribution is -2.00. The number of rotatable bonds is 7. The highest BCUT2D eigenvalue weighted by Crippen LogP contribution is 2.33. The van der Waals surface area contributed by atoms with Crippen LogP contribution < -0.4 is 0 Å². The Hall–Kier alpha value is -1.24. The number of ether oxygens (including phenoxy) is 1. The van der Waals surface area contributed by atoms with Crippen LogP contribution in [0.5, 0.6) is 0 Å². The standard InChI is InChI=1S/C14H17NO3S2/c1-3-4-11(18-2)14-15-10(8-19-14)12-6-5-9(20-12)7-13(16)17/h5-6,8,11H,3-4,7H2,1-2H3,(H,16,17). The average molecular weight is 311 g/mol. The van der Waals surface area contributed by atoms with Crippen molar-refractivity contribution in [1.82, 2.24) is 4.98 Å². The molecule has 0 saturated carbocycles. The number of carboxylic acids is 1. The van der Waals surface area contributed by atoms with Gasteiger partial charge < -0.3 is 9.84 Å². The van der Waals surface area contributed by atoms with E-state index >= 15 is 0 Å². The number of hydrogen-bond acceptors (Lipinski definition) is 5. The molecule has 1 N–H and O–H groups in total. The molecule has 0 radical (unpaired) electrons. The molecule has 1 atom stereocenters. The van der Waals surface area contributed by atoms with Crippen LogP contribution in [0.1, 0.15) is 35.8 Å². The second-order valence-corrected chi connectivity index (χ2v) is 6.48. The van der Waals surface area contributed by atoms with Gasteiger partial charge in [0.05, 0.1) is 17.0 Å². The lowest BCUT2D eigenvalue weighted by atomic mass is 10.2. The minimum Gasteiger partial charge on any atom is -0.481 e. The fraction of sp³-hybridized carbons (Fsp3) is 0.429. The first kappa shape index (κ1) is 15.2. The molecular formula is C14H17NO3S2. The van der Waals surface area contributed by atoms with Gasteiger partial charge in [-0.1, -0.05) is 13.3 Å². The predicted octanol–water partition coefficient (Wildman–Crippen LogP) is 3.99. The molecule has 4 nitrogen and oxygen atoms in total. The van der Waals surface area contributed by atoms with Gasteiger partial charge in [0.25, 0.3) is 0 Å². The molecule has 0 bridgehead atoms. The molecule has 0 fully saturated rings. The largest absolute Gasteiger partial charge is 0.481 e. The molecule has 2 heterocycles. The van der Waals surface area contributed by atoms with Crippen LogP contribution in [0.15, 0.2) is 17.5 Å². The first-order chi connectivity index (χ1) is 9.63. The van der Waals surface area contributed by atoms with Crippen LogP contribution in [0.3, 0.4) is 0 Å². The van der Waals surface area contributed by atoms with Crippen LogP contribution in [0.4, 0.5) is 0 Å². The maximum Gasteiger partial charge on any atom is 0.308 e. The van der Waals surface area contributed by atoms with Gasteiger partial charge in [-0.2, -0.15) is 0 Å². The van der Waals surface area contributed by atoms with Crippen LogP contribution in [-0.2, 0) is 16.0 Å². The summed E-state index contributed by atoms with van der Waals surface area (Å²) in [7, 11) is 1.71. The number of aliphatic carboxylic acids is 1. The molecule has 1 unspecified atom stereocenters. The molecule has 20 heavy (non-hydrogen) atoms. The number of carbonyl (C=O) groups is 1. The smallest absolute Gasteiger partial charge is 0.308 e. The van der Waals surface area contributed by atoms with Crippen molar-refractivity contribution >= 4 is 28.6 Å². The quantitative estimate of drug-likeness (QED) is 0.840. The fourth-order valence-corrected chi connectivity index (χ4v) is 3.88. The van der Waals surface area contributed by atoms with E-state index in [-0.39, 0.29) is 12.5 Å². The first-order valence-corrected chi connectivity index (χ1v) is 8.12. The van der Waals surface area contributed by atoms with Crippen LogP contribution in [-0.4, -0.2) is 23.2 Å². The van der Waals surface area contributed by atoms with Gasteiger partial charge in [0.2, 0.25) is 0 Å². The molecule has 0 aliphatic rings. The molecule has 0 saturated heterocycles. The SMILES string of the molecule is CCCC(OC)c1nc(-c2ccc(CC(=O)O)s2)cs1. The van der Waals surface area contributed by atoms with Crippen LogP contribution in [0, 0.1) is 0 Å². The minimum absolute atomic E-state index is 0.0530. The normalized spacial score (nSPS) is 12.5. The Morgan fingerprint density at radius 1 is 1.50 bits per heavy atom. The first-order valence-electron chi connectivity index (χ1n) is 6.43. The summed E-state index contributed by atoms with van der Waals surface area (Å²) in [5.74, 6) is -0.806. The Morgan fingerprint density at radius 3 is 2.95 bits per heavy atom. The van der Waals surface area contributed by atoms with E-state index in [2.05, 4.69) is 11.9 Å². The summed E-state index contributed by atoms with van der Waals surface area (Å²) in [5.41, 5.74) is 0.907. The lowest BCUT2D eigenvalue weighted by Gasteiger charge is -2.10. The molecule has 2 aromatic heterocycles. The van der Waals surface area contributed by atoms with Crippen molar-refractivity contribution in [3.63, 3.8) is 0 Å². The highest BCUT2D eigenvalue weighted by atomic mass is 32.1. The number of methoxy groups -OCH3 is 1. The van der Waals surface area contributed by atoms with Crippen LogP contribution >= 0.6 is 22.7 Å². The summed E-state index contributed by atoms with van der Waals surface area (Å²) >= 11 is 3.08. The van der Waals surface area contributed by atoms with Crippen molar-refractivity contribution in [2.75, 3.05) is 7.11 Å². The number of thiazole rings is 1. The number of nitrogens with zero attached hydrogens (tertiary/aromatic N) is 1. The molecule has 2 rings (SSSR count). The molecule has 0 aromatic carbocycles. The molecule has 108 valence electrons. The zero-order chi connectivity index (χ0) is 14.5. The van der Waals surface area contributed by atoms with E-state index in [9.17, 15) is 4.79 Å². The third kappa shape index (κ3) is 3.65. The molecule has 0 aliphatic carbocycles. The number of hydrogen-bond donors (Lipinski definition) is 1. The number of thiophene rings is 1. The minimum atomic E-state index is -0.806. The predicted molar refractivity (Wildman–Crippen MR) is 81.4 cm³/mol. The summed E-state index contributed by atoms with van der Waals surface area (Å²) < 4.78 is 5.46. The Morgan fingerprint density at radius 2 is 2.30 bits per heavy atom. The Labute approximate surface area is 126 Å². The summed E-state index contributed by atoms with van der Waals surface area (Å²) in [6.45, 7) is 2.12. The van der Waals surface area contributed by atoms with Crippen molar-refractivity contribution in [1.29, 1.82) is 0 Å². The van der Waals surface area contributed by atoms with E-state index in [0.29, 0.717) is 0 Å². The lowest BCUT2D eigenvalue weighted by molar-refractivity contribution is -0.136. The van der Waals surface area contributed by atoms with Crippen LogP contribution in [0.2, 0.25) is 0 Å². The third-order valence-electron chi connectivity index (χ3n) is 2.87. The Balaban J connectivity index is 2.15. The van der Waals surface area contributed by atoms with E-state index in [1.165, 1.54) is 11.3 Å². The zero-order valence-electron chi connectivity index (χ0n) is 11.5. The van der Waals surface area contributed by atoms with Crippen molar-refractivity contribution < 1.29 is 14.6 Å². The maximum atomic E-state index is 10.7. The van der Waals surface area contributed by atoms with Gasteiger partial charge in [-0.05, 0) is 18.6 Å². The monoisotopic (exact) mass is 311 g/mol. The van der Waals surface area contributed by atoms with E-state index in [0.717, 1.165) is 33.3 Å². The molecular weight excluding hydrogens is 294 g/mol. The zero-order valence-corrected chi connectivity index (χ0v) is 13.1. The van der Waals surface area contributed by atoms with E-state index in [1.807, 2.05) is 17.5 Å². The topological polar surface area (TPSA) is 59.4 Å². The Bertz CT molecular complexity index is 576. The molecule has 0 spiro atoms. The van der Waals surface area contributed by atoms with Gasteiger partial charge >= 0.3 is 5.97 Å². The second kappa shape index (κ2) is 6.97. The number of aromatic nitrogens is 1. The van der Waals surface area contributed by atoms with E-state index < -0.39 is 5.97 Å². The van der Waals surface area contributed by atoms with Gasteiger partial charge in [-0.25, -0.2) is 4.98 Å². The van der Waals surface area contributed by atoms with Gasteiger partial charge in [0.1, 0.15) is 11.1 Å². The van der Waals surface area contributed by atoms with Crippen molar-refractivity contribution in [3.05, 3.63) is 27.4 Å². The Kier molecular flexibility index (Phi) is 5.28. The van der Waals surface area contributed by atoms with Gasteiger partial charge in [-0.3, -0.25) is 4.79 Å².